The van der Waals surface area contributed by atoms with Gasteiger partial charge in [0.1, 0.15) is 53.8 Å². The highest BCUT2D eigenvalue weighted by Gasteiger charge is 2.47. The Labute approximate surface area is 426 Å². The molecule has 4 N–H and O–H groups in total. The zero-order valence-corrected chi connectivity index (χ0v) is 43.6. The maximum absolute atomic E-state index is 14.7. The van der Waals surface area contributed by atoms with Crippen LogP contribution in [0.3, 0.4) is 0 Å². The summed E-state index contributed by atoms with van der Waals surface area (Å²) < 4.78 is 59.5. The van der Waals surface area contributed by atoms with E-state index in [2.05, 4.69) is 10.7 Å². The van der Waals surface area contributed by atoms with Gasteiger partial charge in [-0.1, -0.05) is 54.6 Å². The first-order chi connectivity index (χ1) is 34.8. The van der Waals surface area contributed by atoms with Crippen LogP contribution in [0, 0.1) is 16.7 Å². The van der Waals surface area contributed by atoms with E-state index in [1.54, 1.807) is 35.0 Å². The highest BCUT2D eigenvalue weighted by molar-refractivity contribution is 7.44. The molecule has 1 aromatic heterocycles. The van der Waals surface area contributed by atoms with Gasteiger partial charge in [-0.2, -0.15) is 5.26 Å². The molecule has 6 rings (SSSR count). The summed E-state index contributed by atoms with van der Waals surface area (Å²) in [7, 11) is 1.27. The van der Waals surface area contributed by atoms with Crippen LogP contribution in [0.15, 0.2) is 94.6 Å². The number of benzene rings is 3. The number of aliphatic hydroxyl groups excluding tert-OH is 4. The minimum atomic E-state index is -1.90. The molecule has 3 aromatic carbocycles. The van der Waals surface area contributed by atoms with Crippen molar-refractivity contribution < 1.29 is 67.4 Å². The molecule has 73 heavy (non-hydrogen) atoms. The van der Waals surface area contributed by atoms with Crippen molar-refractivity contribution in [3.8, 4) is 17.6 Å². The van der Waals surface area contributed by atoms with Gasteiger partial charge in [-0.05, 0) is 89.4 Å². The first kappa shape index (κ1) is 57.2. The molecule has 2 aliphatic heterocycles. The van der Waals surface area contributed by atoms with Crippen molar-refractivity contribution in [2.24, 2.45) is 5.41 Å². The molecule has 2 saturated heterocycles. The molecule has 0 amide bonds. The lowest BCUT2D eigenvalue weighted by atomic mass is 9.80. The van der Waals surface area contributed by atoms with Gasteiger partial charge in [0.25, 0.3) is 14.1 Å². The van der Waals surface area contributed by atoms with Crippen molar-refractivity contribution in [2.75, 3.05) is 34.0 Å². The van der Waals surface area contributed by atoms with E-state index in [9.17, 15) is 40.1 Å². The molecule has 0 bridgehead atoms. The number of hydrogen-bond donors (Lipinski definition) is 4. The third kappa shape index (κ3) is 13.2. The van der Waals surface area contributed by atoms with Crippen LogP contribution in [0.25, 0.3) is 0 Å². The molecule has 398 valence electrons. The van der Waals surface area contributed by atoms with Crippen molar-refractivity contribution in [1.82, 2.24) is 13.8 Å². The first-order valence-electron chi connectivity index (χ1n) is 24.1. The summed E-state index contributed by atoms with van der Waals surface area (Å²) in [6.45, 7) is 10.6. The van der Waals surface area contributed by atoms with Crippen molar-refractivity contribution in [2.45, 2.75) is 141 Å². The third-order valence-corrected chi connectivity index (χ3v) is 14.6. The number of aliphatic hydroxyl groups is 4. The Morgan fingerprint density at radius 1 is 0.849 bits per heavy atom. The van der Waals surface area contributed by atoms with Crippen LogP contribution in [0.4, 0.5) is 0 Å². The lowest BCUT2D eigenvalue weighted by molar-refractivity contribution is -0.304. The second kappa shape index (κ2) is 25.4. The molecule has 0 radical (unpaired) electrons. The summed E-state index contributed by atoms with van der Waals surface area (Å²) in [4.78, 5) is 42.0. The van der Waals surface area contributed by atoms with Crippen LogP contribution in [0.5, 0.6) is 11.5 Å². The fraction of sp³-hybridized carbons (Fsp3) is 0.538. The Balaban J connectivity index is 1.48. The summed E-state index contributed by atoms with van der Waals surface area (Å²) in [5.74, 6) is 0.549. The average molecular weight is 1040 g/mol. The molecule has 21 heteroatoms. The summed E-state index contributed by atoms with van der Waals surface area (Å²) in [6.07, 6.45) is -9.89. The molecule has 0 aliphatic carbocycles. The number of carbonyl (C=O) groups is 1. The molecule has 2 fully saturated rings. The normalized spacial score (nSPS) is 22.9. The van der Waals surface area contributed by atoms with E-state index in [-0.39, 0.29) is 43.7 Å². The van der Waals surface area contributed by atoms with Crippen LogP contribution >= 0.6 is 8.53 Å². The van der Waals surface area contributed by atoms with Crippen LogP contribution in [0.2, 0.25) is 0 Å². The maximum atomic E-state index is 14.7. The van der Waals surface area contributed by atoms with E-state index in [1.165, 1.54) is 6.20 Å². The number of nitriles is 1. The third-order valence-electron chi connectivity index (χ3n) is 12.5. The lowest BCUT2D eigenvalue weighted by Crippen LogP contribution is -2.59. The summed E-state index contributed by atoms with van der Waals surface area (Å²) >= 11 is 0. The number of methoxy groups -OCH3 is 2. The van der Waals surface area contributed by atoms with E-state index >= 15 is 0 Å². The number of rotatable bonds is 23. The lowest BCUT2D eigenvalue weighted by Gasteiger charge is -2.39. The number of ether oxygens (including phenoxy) is 7. The fourth-order valence-electron chi connectivity index (χ4n) is 8.64. The molecule has 2 aliphatic rings. The monoisotopic (exact) mass is 1040 g/mol. The van der Waals surface area contributed by atoms with Gasteiger partial charge >= 0.3 is 11.7 Å². The Hall–Kier alpha value is -5.11. The molecule has 4 aromatic rings. The SMILES string of the molecule is COc1ccc(C(OC[C@H]2O[C@@H](n3cc(CO[C@@H]4O[C@H](CO)[C@@H](O)[C@H](O)[C@H]4O)c(=O)n(COC(=O)C(C)(C)C)c3=O)C[C@@H]2OP(OCCC#N)N(C(C)C)C(C)C)(c2ccccc2)c2ccc(OC)cc2)cc1. The van der Waals surface area contributed by atoms with Gasteiger partial charge in [0.2, 0.25) is 0 Å². The zero-order chi connectivity index (χ0) is 53.2. The van der Waals surface area contributed by atoms with E-state index < -0.39 is 106 Å². The van der Waals surface area contributed by atoms with Crippen LogP contribution in [0.1, 0.15) is 89.8 Å². The Morgan fingerprint density at radius 3 is 1.97 bits per heavy atom. The van der Waals surface area contributed by atoms with Crippen LogP contribution in [-0.4, -0.2) is 129 Å². The predicted octanol–water partition coefficient (Wildman–Crippen LogP) is 4.85. The van der Waals surface area contributed by atoms with Crippen molar-refractivity contribution in [3.05, 3.63) is 128 Å². The summed E-state index contributed by atoms with van der Waals surface area (Å²) in [6, 6.07) is 26.6. The number of nitrogens with zero attached hydrogens (tertiary/aromatic N) is 4. The van der Waals surface area contributed by atoms with Crippen LogP contribution < -0.4 is 20.7 Å². The van der Waals surface area contributed by atoms with Gasteiger partial charge in [-0.25, -0.2) is 14.0 Å². The highest BCUT2D eigenvalue weighted by Crippen LogP contribution is 2.51. The van der Waals surface area contributed by atoms with Gasteiger partial charge in [-0.3, -0.25) is 14.2 Å². The van der Waals surface area contributed by atoms with Gasteiger partial charge in [0.05, 0.1) is 70.2 Å². The quantitative estimate of drug-likeness (QED) is 0.0335. The van der Waals surface area contributed by atoms with Crippen LogP contribution in [-0.2, 0) is 56.5 Å². The molecule has 9 atom stereocenters. The molecule has 0 saturated carbocycles. The van der Waals surface area contributed by atoms with Crippen molar-refractivity contribution in [3.63, 3.8) is 0 Å². The van der Waals surface area contributed by atoms with Gasteiger partial charge in [0.15, 0.2) is 13.0 Å². The summed E-state index contributed by atoms with van der Waals surface area (Å²) in [5, 5.41) is 50.9. The highest BCUT2D eigenvalue weighted by atomic mass is 31.2. The smallest absolute Gasteiger partial charge is 0.335 e. The van der Waals surface area contributed by atoms with E-state index in [0.717, 1.165) is 21.3 Å². The number of aromatic nitrogens is 2. The maximum Gasteiger partial charge on any atom is 0.335 e. The summed E-state index contributed by atoms with van der Waals surface area (Å²) in [5.41, 5.74) is -2.08. The van der Waals surface area contributed by atoms with Gasteiger partial charge in [0, 0.05) is 24.7 Å². The second-order valence-corrected chi connectivity index (χ2v) is 20.7. The average Bonchev–Trinajstić information content (AvgIpc) is 3.77. The first-order valence-corrected chi connectivity index (χ1v) is 25.3. The van der Waals surface area contributed by atoms with E-state index in [4.69, 9.17) is 42.2 Å². The molecule has 1 unspecified atom stereocenters. The number of carbonyl (C=O) groups excluding carboxylic acids is 1. The molecule has 0 spiro atoms. The second-order valence-electron chi connectivity index (χ2n) is 19.3. The van der Waals surface area contributed by atoms with Crippen molar-refractivity contribution in [1.29, 1.82) is 5.26 Å². The van der Waals surface area contributed by atoms with E-state index in [0.29, 0.717) is 16.1 Å². The predicted molar refractivity (Wildman–Crippen MR) is 266 cm³/mol. The Morgan fingerprint density at radius 2 is 1.44 bits per heavy atom. The fourth-order valence-corrected chi connectivity index (χ4v) is 10.4. The molecular formula is C52H69N4O16P. The number of hydrogen-bond acceptors (Lipinski definition) is 18. The minimum Gasteiger partial charge on any atom is -0.497 e. The topological polar surface area (TPSA) is 252 Å². The van der Waals surface area contributed by atoms with Gasteiger partial charge in [-0.15, -0.1) is 0 Å². The molecule has 3 heterocycles. The zero-order valence-electron chi connectivity index (χ0n) is 42.7. The van der Waals surface area contributed by atoms with Gasteiger partial charge < -0.3 is 62.6 Å². The molecular weight excluding hydrogens is 968 g/mol. The number of esters is 1. The van der Waals surface area contributed by atoms with Crippen molar-refractivity contribution >= 4 is 14.5 Å². The standard InChI is InChI=1S/C52H69N4O16P/c1-32(2)56(33(3)4)73(69-25-13-24-53)72-40-26-43(54-27-34(29-66-48-46(60)45(59)44(58)41(28-57)71-48)47(61)55(50(54)63)31-67-49(62)51(5,6)7)70-42(40)30-68-52(35-14-11-10-12-15-35,36-16-20-38(64-8)21-17-36)37-18-22-39(65-9)23-19-37/h10-12,14-23,27,32-33,40-46,48,57-60H,13,25-26,28-31H2,1-9H3/t40-,41+,42+,43+,44+,45-,46+,48+,73?/m0/s1. The molecule has 20 nitrogen and oxygen atoms in total. The largest absolute Gasteiger partial charge is 0.497 e. The van der Waals surface area contributed by atoms with E-state index in [1.807, 2.05) is 107 Å². The Bertz CT molecular complexity index is 2510. The Kier molecular flexibility index (Phi) is 19.9. The minimum absolute atomic E-state index is 0.0190.